The SMILES string of the molecule is CC1(C)c2cc([B]CC(C)(C)C(C)(C)C)ccc2-c2c1ccc1c2c2ccccc2n1-c1ccc(-c2ccccc2)cc1. The monoisotopic (exact) mass is 558 g/mol. The topological polar surface area (TPSA) is 4.93 Å². The van der Waals surface area contributed by atoms with Crippen LogP contribution in [0.2, 0.25) is 6.32 Å². The highest BCUT2D eigenvalue weighted by atomic mass is 15.0. The summed E-state index contributed by atoms with van der Waals surface area (Å²) in [5.74, 6) is 0. The van der Waals surface area contributed by atoms with Gasteiger partial charge in [0.15, 0.2) is 7.28 Å². The minimum Gasteiger partial charge on any atom is -0.309 e. The molecular weight excluding hydrogens is 517 g/mol. The van der Waals surface area contributed by atoms with Crippen molar-refractivity contribution in [1.29, 1.82) is 0 Å². The maximum Gasteiger partial charge on any atom is 0.152 e. The maximum atomic E-state index is 2.46. The van der Waals surface area contributed by atoms with E-state index in [-0.39, 0.29) is 16.2 Å². The summed E-state index contributed by atoms with van der Waals surface area (Å²) in [6.07, 6.45) is 1.06. The van der Waals surface area contributed by atoms with Crippen molar-refractivity contribution in [3.8, 4) is 27.9 Å². The third kappa shape index (κ3) is 4.37. The summed E-state index contributed by atoms with van der Waals surface area (Å²) in [6, 6.07) is 40.5. The van der Waals surface area contributed by atoms with Crippen molar-refractivity contribution in [1.82, 2.24) is 4.57 Å². The zero-order valence-electron chi connectivity index (χ0n) is 26.6. The zero-order chi connectivity index (χ0) is 30.1. The first kappa shape index (κ1) is 27.8. The Bertz CT molecular complexity index is 1980. The Morgan fingerprint density at radius 1 is 0.651 bits per heavy atom. The van der Waals surface area contributed by atoms with Gasteiger partial charge >= 0.3 is 0 Å². The van der Waals surface area contributed by atoms with E-state index in [9.17, 15) is 0 Å². The number of aromatic nitrogens is 1. The van der Waals surface area contributed by atoms with Gasteiger partial charge in [0, 0.05) is 21.9 Å². The van der Waals surface area contributed by atoms with Crippen LogP contribution in [-0.2, 0) is 5.41 Å². The smallest absolute Gasteiger partial charge is 0.152 e. The maximum absolute atomic E-state index is 2.46. The van der Waals surface area contributed by atoms with Crippen LogP contribution in [0.4, 0.5) is 0 Å². The van der Waals surface area contributed by atoms with Crippen molar-refractivity contribution in [3.63, 3.8) is 0 Å². The molecule has 7 rings (SSSR count). The van der Waals surface area contributed by atoms with E-state index in [2.05, 4.69) is 170 Å². The molecule has 0 unspecified atom stereocenters. The predicted molar refractivity (Wildman–Crippen MR) is 187 cm³/mol. The van der Waals surface area contributed by atoms with Crippen LogP contribution in [0.25, 0.3) is 49.7 Å². The van der Waals surface area contributed by atoms with E-state index in [0.717, 1.165) is 6.32 Å². The van der Waals surface area contributed by atoms with Crippen molar-refractivity contribution < 1.29 is 0 Å². The van der Waals surface area contributed by atoms with Gasteiger partial charge < -0.3 is 4.57 Å². The molecule has 0 spiro atoms. The number of nitrogens with zero attached hydrogens (tertiary/aromatic N) is 1. The lowest BCUT2D eigenvalue weighted by Gasteiger charge is -2.39. The Kier molecular flexibility index (Phi) is 6.29. The highest BCUT2D eigenvalue weighted by molar-refractivity contribution is 6.53. The molecule has 0 N–H and O–H groups in total. The molecule has 1 nitrogen and oxygen atoms in total. The van der Waals surface area contributed by atoms with E-state index in [4.69, 9.17) is 0 Å². The summed E-state index contributed by atoms with van der Waals surface area (Å²) in [5, 5.41) is 2.67. The quantitative estimate of drug-likeness (QED) is 0.186. The molecule has 0 bridgehead atoms. The normalized spacial score (nSPS) is 14.2. The molecule has 0 saturated carbocycles. The lowest BCUT2D eigenvalue weighted by atomic mass is 9.53. The lowest BCUT2D eigenvalue weighted by molar-refractivity contribution is 0.157. The van der Waals surface area contributed by atoms with E-state index >= 15 is 0 Å². The Balaban J connectivity index is 1.37. The molecule has 1 radical (unpaired) electrons. The van der Waals surface area contributed by atoms with Gasteiger partial charge in [0.25, 0.3) is 0 Å². The van der Waals surface area contributed by atoms with Gasteiger partial charge in [0.05, 0.1) is 11.0 Å². The zero-order valence-corrected chi connectivity index (χ0v) is 26.6. The van der Waals surface area contributed by atoms with Crippen LogP contribution < -0.4 is 5.46 Å². The van der Waals surface area contributed by atoms with E-state index < -0.39 is 0 Å². The first-order valence-electron chi connectivity index (χ1n) is 15.7. The predicted octanol–water partition coefficient (Wildman–Crippen LogP) is 10.6. The Morgan fingerprint density at radius 3 is 2.05 bits per heavy atom. The molecule has 6 aromatic rings. The molecule has 0 fully saturated rings. The third-order valence-electron chi connectivity index (χ3n) is 10.6. The van der Waals surface area contributed by atoms with E-state index in [1.54, 1.807) is 0 Å². The molecule has 2 heteroatoms. The second-order valence-corrected chi connectivity index (χ2v) is 14.6. The van der Waals surface area contributed by atoms with Crippen molar-refractivity contribution >= 4 is 34.5 Å². The molecule has 0 amide bonds. The number of benzene rings is 5. The molecule has 0 saturated heterocycles. The van der Waals surface area contributed by atoms with Gasteiger partial charge in [-0.3, -0.25) is 0 Å². The number of rotatable bonds is 5. The second kappa shape index (κ2) is 9.74. The number of hydrogen-bond acceptors (Lipinski definition) is 0. The Labute approximate surface area is 257 Å². The molecule has 213 valence electrons. The van der Waals surface area contributed by atoms with Crippen LogP contribution in [-0.4, -0.2) is 11.8 Å². The van der Waals surface area contributed by atoms with Gasteiger partial charge in [-0.2, -0.15) is 0 Å². The van der Waals surface area contributed by atoms with Crippen LogP contribution in [0.3, 0.4) is 0 Å². The molecule has 0 atom stereocenters. The van der Waals surface area contributed by atoms with Crippen LogP contribution in [0, 0.1) is 10.8 Å². The highest BCUT2D eigenvalue weighted by Crippen LogP contribution is 2.53. The summed E-state index contributed by atoms with van der Waals surface area (Å²) >= 11 is 0. The first-order chi connectivity index (χ1) is 20.5. The molecule has 1 aliphatic rings. The van der Waals surface area contributed by atoms with E-state index in [1.807, 2.05) is 0 Å². The van der Waals surface area contributed by atoms with Gasteiger partial charge in [0.2, 0.25) is 0 Å². The van der Waals surface area contributed by atoms with Gasteiger partial charge in [-0.25, -0.2) is 0 Å². The van der Waals surface area contributed by atoms with Crippen molar-refractivity contribution in [2.75, 3.05) is 0 Å². The lowest BCUT2D eigenvalue weighted by Crippen LogP contribution is -2.33. The molecule has 0 aliphatic heterocycles. The number of hydrogen-bond donors (Lipinski definition) is 0. The Hall–Kier alpha value is -4.04. The summed E-state index contributed by atoms with van der Waals surface area (Å²) in [5.41, 5.74) is 13.5. The average molecular weight is 559 g/mol. The molecule has 1 aliphatic carbocycles. The van der Waals surface area contributed by atoms with Gasteiger partial charge in [-0.15, -0.1) is 0 Å². The average Bonchev–Trinajstić information content (AvgIpc) is 3.45. The summed E-state index contributed by atoms with van der Waals surface area (Å²) in [4.78, 5) is 0. The van der Waals surface area contributed by atoms with E-state index in [1.165, 1.54) is 66.3 Å². The largest absolute Gasteiger partial charge is 0.309 e. The van der Waals surface area contributed by atoms with Crippen molar-refractivity contribution in [2.24, 2.45) is 10.8 Å². The number of para-hydroxylation sites is 1. The van der Waals surface area contributed by atoms with Crippen LogP contribution in [0.1, 0.15) is 59.6 Å². The first-order valence-corrected chi connectivity index (χ1v) is 15.7. The highest BCUT2D eigenvalue weighted by Gasteiger charge is 2.38. The summed E-state index contributed by atoms with van der Waals surface area (Å²) in [6.45, 7) is 16.6. The Morgan fingerprint density at radius 2 is 1.33 bits per heavy atom. The molecule has 1 aromatic heterocycles. The standard InChI is InChI=1S/C41H41BN/c1-39(2,3)40(4,5)26-42-29-19-22-31-34(25-29)41(6,7)33-23-24-36-38(37(31)33)32-15-11-12-16-35(32)43(36)30-20-17-28(18-21-30)27-13-9-8-10-14-27/h8-25H,26H2,1-7H3. The fourth-order valence-corrected chi connectivity index (χ4v) is 6.82. The fourth-order valence-electron chi connectivity index (χ4n) is 6.82. The minimum absolute atomic E-state index is 0.0667. The van der Waals surface area contributed by atoms with Gasteiger partial charge in [-0.05, 0) is 68.5 Å². The van der Waals surface area contributed by atoms with Gasteiger partial charge in [0.1, 0.15) is 0 Å². The van der Waals surface area contributed by atoms with Crippen molar-refractivity contribution in [3.05, 3.63) is 120 Å². The second-order valence-electron chi connectivity index (χ2n) is 14.6. The third-order valence-corrected chi connectivity index (χ3v) is 10.6. The molecule has 43 heavy (non-hydrogen) atoms. The van der Waals surface area contributed by atoms with E-state index in [0.29, 0.717) is 0 Å². The summed E-state index contributed by atoms with van der Waals surface area (Å²) < 4.78 is 2.45. The van der Waals surface area contributed by atoms with Crippen LogP contribution in [0.15, 0.2) is 109 Å². The number of fused-ring (bicyclic) bond motifs is 7. The van der Waals surface area contributed by atoms with Crippen molar-refractivity contribution in [2.45, 2.75) is 60.2 Å². The minimum atomic E-state index is -0.0667. The molecule has 1 heterocycles. The molecular formula is C41H41BN. The molecule has 5 aromatic carbocycles. The van der Waals surface area contributed by atoms with Crippen LogP contribution >= 0.6 is 0 Å². The summed E-state index contributed by atoms with van der Waals surface area (Å²) in [7, 11) is 2.45. The van der Waals surface area contributed by atoms with Crippen LogP contribution in [0.5, 0.6) is 0 Å². The van der Waals surface area contributed by atoms with Gasteiger partial charge in [-0.1, -0.05) is 145 Å². The fraction of sp³-hybridized carbons (Fsp3) is 0.268.